The molecule has 0 aliphatic heterocycles. The fraction of sp³-hybridized carbons (Fsp3) is 0.417. The monoisotopic (exact) mass is 299 g/mol. The molecule has 0 saturated carbocycles. The number of thioether (sulfide) groups is 1. The smallest absolute Gasteiger partial charge is 0.233 e. The largest absolute Gasteiger partial charge is 0.369 e. The molecule has 0 radical (unpaired) electrons. The first-order valence-corrected chi connectivity index (χ1v) is 7.43. The molecule has 1 aromatic heterocycles. The molecule has 0 saturated heterocycles. The highest BCUT2D eigenvalue weighted by molar-refractivity contribution is 8.02. The van der Waals surface area contributed by atoms with Crippen LogP contribution in [0, 0.1) is 6.92 Å². The van der Waals surface area contributed by atoms with Gasteiger partial charge < -0.3 is 11.1 Å². The molecule has 1 heterocycles. The fourth-order valence-corrected chi connectivity index (χ4v) is 3.71. The number of aryl methyl sites for hydroxylation is 1. The van der Waals surface area contributed by atoms with Crippen LogP contribution in [0.25, 0.3) is 0 Å². The molecule has 2 amide bonds. The third-order valence-electron chi connectivity index (χ3n) is 2.28. The minimum atomic E-state index is -0.375. The van der Waals surface area contributed by atoms with Crippen LogP contribution >= 0.6 is 23.1 Å². The second-order valence-electron chi connectivity index (χ2n) is 3.93. The van der Waals surface area contributed by atoms with Crippen LogP contribution in [-0.2, 0) is 16.0 Å². The zero-order valence-electron chi connectivity index (χ0n) is 10.9. The fourth-order valence-electron chi connectivity index (χ4n) is 1.30. The number of carbonyl (C=O) groups excluding carboxylic acids is 2. The number of hydrogen-bond donors (Lipinski definition) is 2. The molecular formula is C12H17N3O2S2. The first-order valence-electron chi connectivity index (χ1n) is 5.74. The SMILES string of the molecule is C=CCNC(=O)C(C)Sc1nc(C)c(CC(N)=O)s1. The minimum Gasteiger partial charge on any atom is -0.369 e. The lowest BCUT2D eigenvalue weighted by Crippen LogP contribution is -2.30. The van der Waals surface area contributed by atoms with Gasteiger partial charge in [-0.25, -0.2) is 4.98 Å². The average Bonchev–Trinajstić information content (AvgIpc) is 2.65. The Balaban J connectivity index is 2.64. The molecule has 5 nitrogen and oxygen atoms in total. The molecule has 1 unspecified atom stereocenters. The summed E-state index contributed by atoms with van der Waals surface area (Å²) in [5.74, 6) is -0.436. The first-order chi connectivity index (χ1) is 8.93. The molecule has 0 spiro atoms. The van der Waals surface area contributed by atoms with Crippen molar-refractivity contribution in [1.82, 2.24) is 10.3 Å². The van der Waals surface area contributed by atoms with Gasteiger partial charge in [0, 0.05) is 11.4 Å². The zero-order chi connectivity index (χ0) is 14.4. The summed E-state index contributed by atoms with van der Waals surface area (Å²) in [4.78, 5) is 27.8. The van der Waals surface area contributed by atoms with Gasteiger partial charge in [0.25, 0.3) is 0 Å². The van der Waals surface area contributed by atoms with Crippen molar-refractivity contribution in [2.45, 2.75) is 29.9 Å². The van der Waals surface area contributed by atoms with Crippen molar-refractivity contribution in [2.75, 3.05) is 6.54 Å². The Morgan fingerprint density at radius 3 is 2.89 bits per heavy atom. The van der Waals surface area contributed by atoms with Gasteiger partial charge in [0.05, 0.1) is 17.4 Å². The number of rotatable bonds is 7. The van der Waals surface area contributed by atoms with Gasteiger partial charge in [-0.15, -0.1) is 17.9 Å². The molecule has 1 rings (SSSR count). The highest BCUT2D eigenvalue weighted by atomic mass is 32.2. The van der Waals surface area contributed by atoms with Crippen molar-refractivity contribution in [1.29, 1.82) is 0 Å². The van der Waals surface area contributed by atoms with Crippen molar-refractivity contribution in [2.24, 2.45) is 5.73 Å². The normalized spacial score (nSPS) is 11.9. The summed E-state index contributed by atoms with van der Waals surface area (Å²) in [5, 5.41) is 2.49. The lowest BCUT2D eigenvalue weighted by molar-refractivity contribution is -0.120. The Morgan fingerprint density at radius 2 is 2.32 bits per heavy atom. The Bertz CT molecular complexity index is 485. The van der Waals surface area contributed by atoms with Crippen molar-refractivity contribution in [3.8, 4) is 0 Å². The molecular weight excluding hydrogens is 282 g/mol. The van der Waals surface area contributed by atoms with E-state index in [4.69, 9.17) is 5.73 Å². The molecule has 0 aliphatic rings. The second-order valence-corrected chi connectivity index (χ2v) is 6.60. The molecule has 19 heavy (non-hydrogen) atoms. The lowest BCUT2D eigenvalue weighted by Gasteiger charge is -2.08. The van der Waals surface area contributed by atoms with E-state index in [2.05, 4.69) is 16.9 Å². The maximum atomic E-state index is 11.7. The summed E-state index contributed by atoms with van der Waals surface area (Å²) in [5.41, 5.74) is 5.96. The predicted molar refractivity (Wildman–Crippen MR) is 78.3 cm³/mol. The molecule has 1 aromatic rings. The van der Waals surface area contributed by atoms with Gasteiger partial charge in [-0.3, -0.25) is 9.59 Å². The van der Waals surface area contributed by atoms with Crippen LogP contribution in [0.1, 0.15) is 17.5 Å². The van der Waals surface area contributed by atoms with Crippen molar-refractivity contribution < 1.29 is 9.59 Å². The summed E-state index contributed by atoms with van der Waals surface area (Å²) in [6.07, 6.45) is 1.83. The third kappa shape index (κ3) is 5.04. The molecule has 3 N–H and O–H groups in total. The number of amides is 2. The van der Waals surface area contributed by atoms with Gasteiger partial charge in [-0.1, -0.05) is 17.8 Å². The maximum absolute atomic E-state index is 11.7. The maximum Gasteiger partial charge on any atom is 0.233 e. The standard InChI is InChI=1S/C12H17N3O2S2/c1-4-5-14-11(17)8(3)18-12-15-7(2)9(19-12)6-10(13)16/h4,8H,1,5-6H2,2-3H3,(H2,13,16)(H,14,17). The number of nitrogens with zero attached hydrogens (tertiary/aromatic N) is 1. The molecule has 0 bridgehead atoms. The van der Waals surface area contributed by atoms with E-state index < -0.39 is 0 Å². The Kier molecular flexibility index (Phi) is 6.04. The van der Waals surface area contributed by atoms with Gasteiger partial charge in [-0.2, -0.15) is 0 Å². The molecule has 0 aromatic carbocycles. The highest BCUT2D eigenvalue weighted by Crippen LogP contribution is 2.30. The summed E-state index contributed by atoms with van der Waals surface area (Å²) in [6.45, 7) is 7.64. The molecule has 104 valence electrons. The van der Waals surface area contributed by atoms with E-state index >= 15 is 0 Å². The van der Waals surface area contributed by atoms with Gasteiger partial charge in [0.15, 0.2) is 4.34 Å². The van der Waals surface area contributed by atoms with Crippen LogP contribution in [0.3, 0.4) is 0 Å². The first kappa shape index (κ1) is 15.7. The van der Waals surface area contributed by atoms with E-state index in [-0.39, 0.29) is 23.5 Å². The van der Waals surface area contributed by atoms with Crippen LogP contribution in [0.5, 0.6) is 0 Å². The Morgan fingerprint density at radius 1 is 1.63 bits per heavy atom. The molecule has 0 aliphatic carbocycles. The Hall–Kier alpha value is -1.34. The zero-order valence-corrected chi connectivity index (χ0v) is 12.6. The van der Waals surface area contributed by atoms with E-state index in [1.54, 1.807) is 6.08 Å². The van der Waals surface area contributed by atoms with E-state index in [0.717, 1.165) is 14.9 Å². The topological polar surface area (TPSA) is 85.1 Å². The van der Waals surface area contributed by atoms with Crippen LogP contribution in [0.4, 0.5) is 0 Å². The average molecular weight is 299 g/mol. The number of carbonyl (C=O) groups is 2. The minimum absolute atomic E-state index is 0.0609. The van der Waals surface area contributed by atoms with E-state index in [9.17, 15) is 9.59 Å². The molecule has 1 atom stereocenters. The van der Waals surface area contributed by atoms with Gasteiger partial charge in [0.2, 0.25) is 11.8 Å². The summed E-state index contributed by atoms with van der Waals surface area (Å²) < 4.78 is 0.773. The number of thiazole rings is 1. The predicted octanol–water partition coefficient (Wildman–Crippen LogP) is 1.26. The summed E-state index contributed by atoms with van der Waals surface area (Å²) in [6, 6.07) is 0. The molecule has 0 fully saturated rings. The molecule has 7 heteroatoms. The van der Waals surface area contributed by atoms with Gasteiger partial charge in [0.1, 0.15) is 0 Å². The lowest BCUT2D eigenvalue weighted by atomic mass is 10.3. The van der Waals surface area contributed by atoms with E-state index in [1.807, 2.05) is 13.8 Å². The Labute approximate surface area is 120 Å². The summed E-state index contributed by atoms with van der Waals surface area (Å²) in [7, 11) is 0. The second kappa shape index (κ2) is 7.30. The van der Waals surface area contributed by atoms with Crippen LogP contribution in [0.15, 0.2) is 17.0 Å². The van der Waals surface area contributed by atoms with Gasteiger partial charge >= 0.3 is 0 Å². The number of hydrogen-bond acceptors (Lipinski definition) is 5. The number of aromatic nitrogens is 1. The highest BCUT2D eigenvalue weighted by Gasteiger charge is 2.17. The van der Waals surface area contributed by atoms with Gasteiger partial charge in [-0.05, 0) is 13.8 Å². The van der Waals surface area contributed by atoms with Crippen LogP contribution in [-0.4, -0.2) is 28.6 Å². The van der Waals surface area contributed by atoms with Crippen LogP contribution < -0.4 is 11.1 Å². The quantitative estimate of drug-likeness (QED) is 0.586. The van der Waals surface area contributed by atoms with E-state index in [1.165, 1.54) is 23.1 Å². The third-order valence-corrected chi connectivity index (χ3v) is 4.63. The van der Waals surface area contributed by atoms with E-state index in [0.29, 0.717) is 6.54 Å². The van der Waals surface area contributed by atoms with Crippen molar-refractivity contribution in [3.05, 3.63) is 23.2 Å². The van der Waals surface area contributed by atoms with Crippen molar-refractivity contribution >= 4 is 34.9 Å². The van der Waals surface area contributed by atoms with Crippen LogP contribution in [0.2, 0.25) is 0 Å². The summed E-state index contributed by atoms with van der Waals surface area (Å²) >= 11 is 2.78. The van der Waals surface area contributed by atoms with Crippen molar-refractivity contribution in [3.63, 3.8) is 0 Å². The number of nitrogens with one attached hydrogen (secondary N) is 1. The number of nitrogens with two attached hydrogens (primary N) is 1. The number of primary amides is 1.